The van der Waals surface area contributed by atoms with Gasteiger partial charge in [-0.2, -0.15) is 0 Å². The topological polar surface area (TPSA) is 49.3 Å². The third-order valence-corrected chi connectivity index (χ3v) is 5.48. The number of ketones is 1. The molecule has 0 amide bonds. The molecule has 5 nitrogen and oxygen atoms in total. The fraction of sp³-hybridized carbons (Fsp3) is 0.450. The van der Waals surface area contributed by atoms with Gasteiger partial charge in [0.1, 0.15) is 0 Å². The van der Waals surface area contributed by atoms with E-state index in [2.05, 4.69) is 27.8 Å². The van der Waals surface area contributed by atoms with Gasteiger partial charge in [0, 0.05) is 43.3 Å². The Kier molecular flexibility index (Phi) is 4.57. The highest BCUT2D eigenvalue weighted by molar-refractivity contribution is 6.30. The van der Waals surface area contributed by atoms with Crippen LogP contribution in [0.2, 0.25) is 5.02 Å². The number of hydrogen-bond acceptors (Lipinski definition) is 5. The first-order valence-electron chi connectivity index (χ1n) is 9.17. The monoisotopic (exact) mass is 370 g/mol. The van der Waals surface area contributed by atoms with Crippen LogP contribution in [0.3, 0.4) is 0 Å². The van der Waals surface area contributed by atoms with E-state index in [1.165, 1.54) is 0 Å². The van der Waals surface area contributed by atoms with E-state index in [4.69, 9.17) is 16.6 Å². The summed E-state index contributed by atoms with van der Waals surface area (Å²) < 4.78 is 0. The van der Waals surface area contributed by atoms with E-state index >= 15 is 0 Å². The van der Waals surface area contributed by atoms with Gasteiger partial charge >= 0.3 is 0 Å². The first kappa shape index (κ1) is 17.3. The smallest absolute Gasteiger partial charge is 0.225 e. The van der Waals surface area contributed by atoms with Crippen molar-refractivity contribution in [2.75, 3.05) is 36.0 Å². The lowest BCUT2D eigenvalue weighted by Crippen LogP contribution is -2.47. The molecule has 6 heteroatoms. The van der Waals surface area contributed by atoms with E-state index in [1.54, 1.807) is 0 Å². The molecule has 26 heavy (non-hydrogen) atoms. The first-order chi connectivity index (χ1) is 12.5. The van der Waals surface area contributed by atoms with E-state index in [1.807, 2.05) is 25.1 Å². The zero-order valence-corrected chi connectivity index (χ0v) is 16.0. The van der Waals surface area contributed by atoms with Crippen molar-refractivity contribution in [1.82, 2.24) is 9.97 Å². The van der Waals surface area contributed by atoms with Crippen molar-refractivity contribution in [3.63, 3.8) is 0 Å². The summed E-state index contributed by atoms with van der Waals surface area (Å²) in [5.41, 5.74) is 3.65. The minimum absolute atomic E-state index is 0.188. The Hall–Kier alpha value is -2.14. The Balaban J connectivity index is 1.52. The summed E-state index contributed by atoms with van der Waals surface area (Å²) >= 11 is 6.11. The maximum atomic E-state index is 12.3. The first-order valence-corrected chi connectivity index (χ1v) is 9.55. The fourth-order valence-electron chi connectivity index (χ4n) is 3.93. The number of fused-ring (bicyclic) bond motifs is 1. The van der Waals surface area contributed by atoms with Gasteiger partial charge in [-0.3, -0.25) is 4.79 Å². The van der Waals surface area contributed by atoms with E-state index < -0.39 is 0 Å². The molecule has 136 valence electrons. The third kappa shape index (κ3) is 3.28. The molecule has 0 radical (unpaired) electrons. The Labute approximate surface area is 159 Å². The van der Waals surface area contributed by atoms with Crippen LogP contribution < -0.4 is 9.80 Å². The maximum absolute atomic E-state index is 12.3. The Morgan fingerprint density at radius 1 is 1.08 bits per heavy atom. The van der Waals surface area contributed by atoms with Gasteiger partial charge in [-0.25, -0.2) is 9.97 Å². The molecule has 2 heterocycles. The largest absolute Gasteiger partial charge is 0.368 e. The van der Waals surface area contributed by atoms with E-state index in [0.717, 1.165) is 66.2 Å². The van der Waals surface area contributed by atoms with Crippen LogP contribution in [-0.2, 0) is 6.42 Å². The Morgan fingerprint density at radius 2 is 1.81 bits per heavy atom. The molecular formula is C20H23ClN4O. The minimum atomic E-state index is 0.188. The second kappa shape index (κ2) is 6.88. The number of Topliss-reactive ketones (excluding diaryl/α,β-unsaturated/α-hetero) is 1. The van der Waals surface area contributed by atoms with E-state index in [9.17, 15) is 4.79 Å². The summed E-state index contributed by atoms with van der Waals surface area (Å²) in [4.78, 5) is 26.3. The third-order valence-electron chi connectivity index (χ3n) is 5.24. The summed E-state index contributed by atoms with van der Waals surface area (Å²) in [6.45, 7) is 7.55. The molecule has 1 aromatic carbocycles. The number of piperazine rings is 1. The molecule has 0 saturated carbocycles. The lowest BCUT2D eigenvalue weighted by Gasteiger charge is -2.36. The van der Waals surface area contributed by atoms with Crippen molar-refractivity contribution in [2.45, 2.75) is 26.7 Å². The molecule has 1 atom stereocenters. The Bertz CT molecular complexity index is 846. The van der Waals surface area contributed by atoms with Crippen LogP contribution >= 0.6 is 11.6 Å². The zero-order chi connectivity index (χ0) is 18.3. The summed E-state index contributed by atoms with van der Waals surface area (Å²) in [5, 5.41) is 0.761. The predicted octanol–water partition coefficient (Wildman–Crippen LogP) is 3.53. The second-order valence-electron chi connectivity index (χ2n) is 7.32. The normalized spacial score (nSPS) is 20.3. The Morgan fingerprint density at radius 3 is 2.54 bits per heavy atom. The average molecular weight is 371 g/mol. The van der Waals surface area contributed by atoms with Gasteiger partial charge in [0.15, 0.2) is 5.78 Å². The van der Waals surface area contributed by atoms with E-state index in [-0.39, 0.29) is 5.78 Å². The summed E-state index contributed by atoms with van der Waals surface area (Å²) in [6, 6.07) is 7.98. The number of carbonyl (C=O) groups excluding carboxylic acids is 1. The molecule has 0 spiro atoms. The highest BCUT2D eigenvalue weighted by Crippen LogP contribution is 2.28. The average Bonchev–Trinajstić information content (AvgIpc) is 2.61. The van der Waals surface area contributed by atoms with E-state index in [0.29, 0.717) is 12.3 Å². The van der Waals surface area contributed by atoms with Crippen molar-refractivity contribution >= 4 is 29.0 Å². The lowest BCUT2D eigenvalue weighted by atomic mass is 9.86. The molecule has 0 N–H and O–H groups in total. The van der Waals surface area contributed by atoms with Gasteiger partial charge in [-0.15, -0.1) is 0 Å². The molecular weight excluding hydrogens is 348 g/mol. The second-order valence-corrected chi connectivity index (χ2v) is 7.76. The van der Waals surface area contributed by atoms with Gasteiger partial charge in [0.25, 0.3) is 0 Å². The summed E-state index contributed by atoms with van der Waals surface area (Å²) in [5.74, 6) is 1.30. The van der Waals surface area contributed by atoms with Crippen molar-refractivity contribution in [3.05, 3.63) is 46.2 Å². The van der Waals surface area contributed by atoms with Crippen LogP contribution in [0.4, 0.5) is 11.6 Å². The molecule has 0 bridgehead atoms. The molecule has 1 aromatic heterocycles. The molecule has 2 aliphatic rings. The van der Waals surface area contributed by atoms with Gasteiger partial charge in [-0.05, 0) is 37.5 Å². The summed E-state index contributed by atoms with van der Waals surface area (Å²) in [7, 11) is 0. The SMILES string of the molecule is Cc1nc(N2CCN(c3cccc(Cl)c3)CC2)nc2c1C(=O)C[C@H](C)C2. The van der Waals surface area contributed by atoms with Crippen molar-refractivity contribution in [3.8, 4) is 0 Å². The number of benzene rings is 1. The number of nitrogens with zero attached hydrogens (tertiary/aromatic N) is 4. The predicted molar refractivity (Wildman–Crippen MR) is 104 cm³/mol. The van der Waals surface area contributed by atoms with Crippen LogP contribution in [0.1, 0.15) is 35.1 Å². The minimum Gasteiger partial charge on any atom is -0.368 e. The van der Waals surface area contributed by atoms with Crippen LogP contribution in [0.15, 0.2) is 24.3 Å². The van der Waals surface area contributed by atoms with Crippen molar-refractivity contribution < 1.29 is 4.79 Å². The fourth-order valence-corrected chi connectivity index (χ4v) is 4.11. The molecule has 2 aromatic rings. The molecule has 1 aliphatic heterocycles. The lowest BCUT2D eigenvalue weighted by molar-refractivity contribution is 0.0951. The maximum Gasteiger partial charge on any atom is 0.225 e. The van der Waals surface area contributed by atoms with Crippen LogP contribution in [0, 0.1) is 12.8 Å². The number of halogens is 1. The van der Waals surface area contributed by atoms with Crippen LogP contribution in [0.5, 0.6) is 0 Å². The zero-order valence-electron chi connectivity index (χ0n) is 15.2. The van der Waals surface area contributed by atoms with Gasteiger partial charge in [-0.1, -0.05) is 24.6 Å². The number of rotatable bonds is 2. The molecule has 1 saturated heterocycles. The van der Waals surface area contributed by atoms with Crippen molar-refractivity contribution in [1.29, 1.82) is 0 Å². The quantitative estimate of drug-likeness (QED) is 0.809. The van der Waals surface area contributed by atoms with Gasteiger partial charge in [0.05, 0.1) is 17.0 Å². The van der Waals surface area contributed by atoms with Crippen LogP contribution in [-0.4, -0.2) is 41.9 Å². The van der Waals surface area contributed by atoms with Gasteiger partial charge in [0.2, 0.25) is 5.95 Å². The molecule has 1 aliphatic carbocycles. The number of aromatic nitrogens is 2. The molecule has 1 fully saturated rings. The molecule has 4 rings (SSSR count). The number of hydrogen-bond donors (Lipinski definition) is 0. The van der Waals surface area contributed by atoms with Crippen LogP contribution in [0.25, 0.3) is 0 Å². The standard InChI is InChI=1S/C20H23ClN4O/c1-13-10-17-19(18(26)11-13)14(2)22-20(23-17)25-8-6-24(7-9-25)16-5-3-4-15(21)12-16/h3-5,12-13H,6-11H2,1-2H3/t13-/m1/s1. The highest BCUT2D eigenvalue weighted by atomic mass is 35.5. The molecule has 0 unspecified atom stereocenters. The van der Waals surface area contributed by atoms with Gasteiger partial charge < -0.3 is 9.80 Å². The van der Waals surface area contributed by atoms with Crippen molar-refractivity contribution in [2.24, 2.45) is 5.92 Å². The highest BCUT2D eigenvalue weighted by Gasteiger charge is 2.28. The summed E-state index contributed by atoms with van der Waals surface area (Å²) in [6.07, 6.45) is 1.47. The number of aryl methyl sites for hydroxylation is 1. The number of carbonyl (C=O) groups is 1. The number of anilines is 2.